The zero-order valence-corrected chi connectivity index (χ0v) is 13.2. The molecule has 0 atom stereocenters. The second-order valence-corrected chi connectivity index (χ2v) is 5.42. The molecule has 0 bridgehead atoms. The number of rotatable bonds is 6. The molecule has 0 aliphatic heterocycles. The molecule has 3 nitrogen and oxygen atoms in total. The van der Waals surface area contributed by atoms with Crippen molar-refractivity contribution in [2.75, 3.05) is 11.9 Å². The van der Waals surface area contributed by atoms with Crippen LogP contribution in [0.25, 0.3) is 0 Å². The van der Waals surface area contributed by atoms with E-state index in [2.05, 4.69) is 5.32 Å². The number of nitrogens with one attached hydrogen (secondary N) is 1. The third-order valence-corrected chi connectivity index (χ3v) is 3.54. The molecule has 0 heterocycles. The number of anilines is 1. The van der Waals surface area contributed by atoms with E-state index < -0.39 is 0 Å². The van der Waals surface area contributed by atoms with E-state index in [0.29, 0.717) is 28.8 Å². The Balaban J connectivity index is 2.17. The van der Waals surface area contributed by atoms with Crippen LogP contribution in [-0.2, 0) is 6.54 Å². The molecule has 0 aliphatic rings. The summed E-state index contributed by atoms with van der Waals surface area (Å²) in [4.78, 5) is 0. The molecule has 112 valence electrons. The predicted molar refractivity (Wildman–Crippen MR) is 87.7 cm³/mol. The van der Waals surface area contributed by atoms with E-state index >= 15 is 0 Å². The zero-order chi connectivity index (χ0) is 15.2. The minimum atomic E-state index is 0.160. The van der Waals surface area contributed by atoms with Crippen LogP contribution in [0.15, 0.2) is 36.4 Å². The molecule has 21 heavy (non-hydrogen) atoms. The van der Waals surface area contributed by atoms with Gasteiger partial charge >= 0.3 is 0 Å². The Bertz CT molecular complexity index is 597. The Labute approximate surface area is 134 Å². The summed E-state index contributed by atoms with van der Waals surface area (Å²) in [5.74, 6) is 0.890. The van der Waals surface area contributed by atoms with Gasteiger partial charge in [-0.15, -0.1) is 0 Å². The number of halogens is 2. The normalized spacial score (nSPS) is 10.4. The van der Waals surface area contributed by atoms with Gasteiger partial charge in [-0.2, -0.15) is 0 Å². The van der Waals surface area contributed by atoms with Gasteiger partial charge in [0.05, 0.1) is 12.3 Å². The van der Waals surface area contributed by atoms with E-state index in [1.807, 2.05) is 13.0 Å². The molecule has 0 amide bonds. The molecule has 0 aliphatic carbocycles. The van der Waals surface area contributed by atoms with Gasteiger partial charge in [-0.05, 0) is 36.8 Å². The average molecular weight is 326 g/mol. The SMILES string of the molecule is CCCOc1ccc(Cl)cc1NCc1c(O)cccc1Cl. The first-order chi connectivity index (χ1) is 10.1. The van der Waals surface area contributed by atoms with E-state index in [0.717, 1.165) is 17.9 Å². The number of hydrogen-bond acceptors (Lipinski definition) is 3. The van der Waals surface area contributed by atoms with Crippen molar-refractivity contribution in [2.24, 2.45) is 0 Å². The Morgan fingerprint density at radius 1 is 1.19 bits per heavy atom. The molecule has 2 N–H and O–H groups in total. The van der Waals surface area contributed by atoms with Crippen LogP contribution in [-0.4, -0.2) is 11.7 Å². The number of hydrogen-bond donors (Lipinski definition) is 2. The third-order valence-electron chi connectivity index (χ3n) is 2.95. The lowest BCUT2D eigenvalue weighted by Gasteiger charge is -2.14. The van der Waals surface area contributed by atoms with Crippen molar-refractivity contribution >= 4 is 28.9 Å². The molecule has 0 saturated carbocycles. The lowest BCUT2D eigenvalue weighted by atomic mass is 10.2. The fourth-order valence-corrected chi connectivity index (χ4v) is 2.29. The molecule has 0 unspecified atom stereocenters. The molecule has 0 spiro atoms. The summed E-state index contributed by atoms with van der Waals surface area (Å²) < 4.78 is 5.67. The number of benzene rings is 2. The highest BCUT2D eigenvalue weighted by Crippen LogP contribution is 2.31. The largest absolute Gasteiger partial charge is 0.508 e. The maximum atomic E-state index is 9.85. The maximum absolute atomic E-state index is 9.85. The highest BCUT2D eigenvalue weighted by Gasteiger charge is 2.09. The summed E-state index contributed by atoms with van der Waals surface area (Å²) in [7, 11) is 0. The Kier molecular flexibility index (Phi) is 5.59. The van der Waals surface area contributed by atoms with Crippen molar-refractivity contribution in [1.29, 1.82) is 0 Å². The Morgan fingerprint density at radius 3 is 2.71 bits per heavy atom. The van der Waals surface area contributed by atoms with Gasteiger partial charge in [-0.3, -0.25) is 0 Å². The predicted octanol–water partition coefficient (Wildman–Crippen LogP) is 5.10. The highest BCUT2D eigenvalue weighted by atomic mass is 35.5. The van der Waals surface area contributed by atoms with E-state index in [1.54, 1.807) is 30.3 Å². The Morgan fingerprint density at radius 2 is 2.00 bits per heavy atom. The van der Waals surface area contributed by atoms with Crippen molar-refractivity contribution in [1.82, 2.24) is 0 Å². The fourth-order valence-electron chi connectivity index (χ4n) is 1.88. The zero-order valence-electron chi connectivity index (χ0n) is 11.7. The molecular weight excluding hydrogens is 309 g/mol. The minimum Gasteiger partial charge on any atom is -0.508 e. The van der Waals surface area contributed by atoms with Gasteiger partial charge in [0.1, 0.15) is 11.5 Å². The first kappa shape index (κ1) is 15.8. The molecule has 2 aromatic rings. The van der Waals surface area contributed by atoms with Gasteiger partial charge in [0, 0.05) is 22.2 Å². The van der Waals surface area contributed by atoms with Crippen LogP contribution in [0.4, 0.5) is 5.69 Å². The molecule has 0 fully saturated rings. The summed E-state index contributed by atoms with van der Waals surface area (Å²) in [6, 6.07) is 10.5. The second-order valence-electron chi connectivity index (χ2n) is 4.58. The quantitative estimate of drug-likeness (QED) is 0.776. The first-order valence-electron chi connectivity index (χ1n) is 6.74. The first-order valence-corrected chi connectivity index (χ1v) is 7.50. The molecular formula is C16H17Cl2NO2. The fraction of sp³-hybridized carbons (Fsp3) is 0.250. The lowest BCUT2D eigenvalue weighted by molar-refractivity contribution is 0.319. The number of phenols is 1. The summed E-state index contributed by atoms with van der Waals surface area (Å²) in [5.41, 5.74) is 1.41. The maximum Gasteiger partial charge on any atom is 0.142 e. The van der Waals surface area contributed by atoms with Crippen molar-refractivity contribution in [3.05, 3.63) is 52.0 Å². The van der Waals surface area contributed by atoms with Crippen molar-refractivity contribution in [3.8, 4) is 11.5 Å². The molecule has 0 radical (unpaired) electrons. The third kappa shape index (κ3) is 4.19. The molecule has 2 rings (SSSR count). The van der Waals surface area contributed by atoms with Crippen LogP contribution >= 0.6 is 23.2 Å². The standard InChI is InChI=1S/C16H17Cl2NO2/c1-2-8-21-16-7-6-11(17)9-14(16)19-10-12-13(18)4-3-5-15(12)20/h3-7,9,19-20H,2,8,10H2,1H3. The lowest BCUT2D eigenvalue weighted by Crippen LogP contribution is -2.04. The van der Waals surface area contributed by atoms with E-state index in [4.69, 9.17) is 27.9 Å². The number of aromatic hydroxyl groups is 1. The van der Waals surface area contributed by atoms with Gasteiger partial charge < -0.3 is 15.2 Å². The minimum absolute atomic E-state index is 0.160. The Hall–Kier alpha value is -1.58. The van der Waals surface area contributed by atoms with Gasteiger partial charge in [-0.1, -0.05) is 36.2 Å². The van der Waals surface area contributed by atoms with Crippen LogP contribution in [0.1, 0.15) is 18.9 Å². The van der Waals surface area contributed by atoms with Crippen molar-refractivity contribution < 1.29 is 9.84 Å². The summed E-state index contributed by atoms with van der Waals surface area (Å²) in [6.07, 6.45) is 0.924. The van der Waals surface area contributed by atoms with Gasteiger partial charge in [0.15, 0.2) is 0 Å². The van der Waals surface area contributed by atoms with Crippen molar-refractivity contribution in [2.45, 2.75) is 19.9 Å². The van der Waals surface area contributed by atoms with Gasteiger partial charge in [0.25, 0.3) is 0 Å². The van der Waals surface area contributed by atoms with Crippen molar-refractivity contribution in [3.63, 3.8) is 0 Å². The molecule has 2 aromatic carbocycles. The topological polar surface area (TPSA) is 41.5 Å². The molecule has 5 heteroatoms. The average Bonchev–Trinajstić information content (AvgIpc) is 2.46. The summed E-state index contributed by atoms with van der Waals surface area (Å²) >= 11 is 12.1. The monoisotopic (exact) mass is 325 g/mol. The summed E-state index contributed by atoms with van der Waals surface area (Å²) in [6.45, 7) is 3.06. The number of phenolic OH excluding ortho intramolecular Hbond substituents is 1. The summed E-state index contributed by atoms with van der Waals surface area (Å²) in [5, 5.41) is 14.2. The van der Waals surface area contributed by atoms with Crippen LogP contribution < -0.4 is 10.1 Å². The van der Waals surface area contributed by atoms with Gasteiger partial charge in [-0.25, -0.2) is 0 Å². The van der Waals surface area contributed by atoms with Crippen LogP contribution in [0.2, 0.25) is 10.0 Å². The van der Waals surface area contributed by atoms with Crippen LogP contribution in [0.5, 0.6) is 11.5 Å². The van der Waals surface area contributed by atoms with Gasteiger partial charge in [0.2, 0.25) is 0 Å². The highest BCUT2D eigenvalue weighted by molar-refractivity contribution is 6.31. The smallest absolute Gasteiger partial charge is 0.142 e. The van der Waals surface area contributed by atoms with Crippen LogP contribution in [0, 0.1) is 0 Å². The van der Waals surface area contributed by atoms with Crippen LogP contribution in [0.3, 0.4) is 0 Å². The van der Waals surface area contributed by atoms with E-state index in [9.17, 15) is 5.11 Å². The van der Waals surface area contributed by atoms with E-state index in [-0.39, 0.29) is 5.75 Å². The van der Waals surface area contributed by atoms with E-state index in [1.165, 1.54) is 0 Å². The number of ether oxygens (including phenoxy) is 1. The molecule has 0 aromatic heterocycles. The molecule has 0 saturated heterocycles. The second kappa shape index (κ2) is 7.43.